The lowest BCUT2D eigenvalue weighted by Crippen LogP contribution is -2.31. The lowest BCUT2D eigenvalue weighted by molar-refractivity contribution is -0.141. The van der Waals surface area contributed by atoms with Gasteiger partial charge >= 0.3 is 5.97 Å². The Balaban J connectivity index is 1.86. The lowest BCUT2D eigenvalue weighted by atomic mass is 10.1. The van der Waals surface area contributed by atoms with E-state index in [0.29, 0.717) is 10.6 Å². The first-order valence-electron chi connectivity index (χ1n) is 6.97. The van der Waals surface area contributed by atoms with Crippen LogP contribution in [0.2, 0.25) is 5.02 Å². The van der Waals surface area contributed by atoms with Crippen molar-refractivity contribution in [3.63, 3.8) is 0 Å². The molecule has 0 amide bonds. The number of sulfonamides is 1. The van der Waals surface area contributed by atoms with E-state index in [1.807, 2.05) is 4.72 Å². The largest absolute Gasteiger partial charge is 0.456 e. The second-order valence-electron chi connectivity index (χ2n) is 4.87. The van der Waals surface area contributed by atoms with Crippen LogP contribution in [-0.4, -0.2) is 33.3 Å². The van der Waals surface area contributed by atoms with Gasteiger partial charge in [-0.25, -0.2) is 12.8 Å². The molecule has 0 saturated heterocycles. The third-order valence-corrected chi connectivity index (χ3v) is 4.69. The molecular formula is C16H13ClFNO5S. The molecule has 0 fully saturated rings. The molecule has 0 aliphatic heterocycles. The minimum Gasteiger partial charge on any atom is -0.456 e. The topological polar surface area (TPSA) is 89.5 Å². The highest BCUT2D eigenvalue weighted by Crippen LogP contribution is 2.11. The summed E-state index contributed by atoms with van der Waals surface area (Å²) in [6.45, 7) is -1.23. The van der Waals surface area contributed by atoms with E-state index in [9.17, 15) is 22.4 Å². The number of hydrogen-bond donors (Lipinski definition) is 1. The molecule has 0 aliphatic rings. The zero-order valence-electron chi connectivity index (χ0n) is 12.7. The van der Waals surface area contributed by atoms with E-state index in [2.05, 4.69) is 0 Å². The average Bonchev–Trinajstić information content (AvgIpc) is 2.58. The number of carbonyl (C=O) groups excluding carboxylic acids is 2. The van der Waals surface area contributed by atoms with Crippen LogP contribution < -0.4 is 4.72 Å². The Kier molecular flexibility index (Phi) is 6.24. The summed E-state index contributed by atoms with van der Waals surface area (Å²) in [6, 6.07) is 10.3. The predicted octanol–water partition coefficient (Wildman–Crippen LogP) is 2.18. The van der Waals surface area contributed by atoms with Gasteiger partial charge in [-0.3, -0.25) is 9.59 Å². The van der Waals surface area contributed by atoms with Gasteiger partial charge in [0.2, 0.25) is 10.0 Å². The van der Waals surface area contributed by atoms with E-state index in [1.54, 1.807) is 0 Å². The Morgan fingerprint density at radius 1 is 1.12 bits per heavy atom. The van der Waals surface area contributed by atoms with Crippen molar-refractivity contribution in [3.05, 3.63) is 64.9 Å². The van der Waals surface area contributed by atoms with E-state index in [-0.39, 0.29) is 4.90 Å². The summed E-state index contributed by atoms with van der Waals surface area (Å²) in [5, 5.41) is 0.459. The lowest BCUT2D eigenvalue weighted by Gasteiger charge is -2.07. The van der Waals surface area contributed by atoms with Crippen molar-refractivity contribution in [3.8, 4) is 0 Å². The smallest absolute Gasteiger partial charge is 0.321 e. The molecule has 0 spiro atoms. The number of ketones is 1. The molecule has 0 radical (unpaired) electrons. The summed E-state index contributed by atoms with van der Waals surface area (Å²) in [5.74, 6) is -2.13. The van der Waals surface area contributed by atoms with Gasteiger partial charge in [0.05, 0.1) is 4.90 Å². The Morgan fingerprint density at radius 2 is 1.80 bits per heavy atom. The summed E-state index contributed by atoms with van der Waals surface area (Å²) in [5.41, 5.74) is 0.303. The number of nitrogens with one attached hydrogen (secondary N) is 1. The van der Waals surface area contributed by atoms with Crippen molar-refractivity contribution in [2.24, 2.45) is 0 Å². The van der Waals surface area contributed by atoms with Crippen molar-refractivity contribution in [2.75, 3.05) is 13.2 Å². The van der Waals surface area contributed by atoms with Crippen LogP contribution in [0.5, 0.6) is 0 Å². The normalized spacial score (nSPS) is 11.1. The molecule has 9 heteroatoms. The molecule has 0 unspecified atom stereocenters. The van der Waals surface area contributed by atoms with Crippen LogP contribution in [0.3, 0.4) is 0 Å². The zero-order valence-corrected chi connectivity index (χ0v) is 14.3. The molecule has 0 atom stereocenters. The summed E-state index contributed by atoms with van der Waals surface area (Å²) >= 11 is 5.70. The van der Waals surface area contributed by atoms with Gasteiger partial charge in [-0.2, -0.15) is 4.72 Å². The number of rotatable bonds is 7. The van der Waals surface area contributed by atoms with E-state index in [0.717, 1.165) is 12.1 Å². The number of carbonyl (C=O) groups is 2. The third kappa shape index (κ3) is 5.63. The fourth-order valence-electron chi connectivity index (χ4n) is 1.79. The molecule has 6 nitrogen and oxygen atoms in total. The van der Waals surface area contributed by atoms with Crippen molar-refractivity contribution in [1.82, 2.24) is 4.72 Å². The Bertz CT molecular complexity index is 884. The summed E-state index contributed by atoms with van der Waals surface area (Å²) < 4.78 is 43.6. The highest BCUT2D eigenvalue weighted by molar-refractivity contribution is 7.89. The van der Waals surface area contributed by atoms with Crippen LogP contribution >= 0.6 is 11.6 Å². The van der Waals surface area contributed by atoms with Crippen LogP contribution in [0.4, 0.5) is 4.39 Å². The van der Waals surface area contributed by atoms with Crippen LogP contribution in [0.1, 0.15) is 10.4 Å². The minimum atomic E-state index is -4.06. The molecule has 1 N–H and O–H groups in total. The molecule has 2 aromatic rings. The standard InChI is InChI=1S/C16H13ClFNO5S/c17-12-6-4-11(5-7-12)15(20)10-24-16(21)9-19-25(22,23)14-3-1-2-13(18)8-14/h1-8,19H,9-10H2. The third-order valence-electron chi connectivity index (χ3n) is 3.04. The summed E-state index contributed by atoms with van der Waals surface area (Å²) in [4.78, 5) is 23.1. The first kappa shape index (κ1) is 19.0. The number of halogens is 2. The molecule has 0 heterocycles. The Morgan fingerprint density at radius 3 is 2.44 bits per heavy atom. The second kappa shape index (κ2) is 8.19. The van der Waals surface area contributed by atoms with Crippen molar-refractivity contribution < 1.29 is 27.1 Å². The number of esters is 1. The fourth-order valence-corrected chi connectivity index (χ4v) is 2.91. The fraction of sp³-hybridized carbons (Fsp3) is 0.125. The van der Waals surface area contributed by atoms with Crippen molar-refractivity contribution >= 4 is 33.4 Å². The molecule has 2 rings (SSSR count). The van der Waals surface area contributed by atoms with Crippen molar-refractivity contribution in [1.29, 1.82) is 0 Å². The molecule has 25 heavy (non-hydrogen) atoms. The minimum absolute atomic E-state index is 0.303. The van der Waals surface area contributed by atoms with Gasteiger partial charge in [-0.15, -0.1) is 0 Å². The maximum Gasteiger partial charge on any atom is 0.321 e. The average molecular weight is 386 g/mol. The monoisotopic (exact) mass is 385 g/mol. The van der Waals surface area contributed by atoms with Crippen LogP contribution in [0.25, 0.3) is 0 Å². The number of hydrogen-bond acceptors (Lipinski definition) is 5. The maximum atomic E-state index is 13.1. The number of benzene rings is 2. The van der Waals surface area contributed by atoms with Gasteiger partial charge in [-0.1, -0.05) is 17.7 Å². The second-order valence-corrected chi connectivity index (χ2v) is 7.08. The first-order chi connectivity index (χ1) is 11.8. The SMILES string of the molecule is O=C(CNS(=O)(=O)c1cccc(F)c1)OCC(=O)c1ccc(Cl)cc1. The quantitative estimate of drug-likeness (QED) is 0.583. The molecular weight excluding hydrogens is 373 g/mol. The molecule has 0 aromatic heterocycles. The Hall–Kier alpha value is -2.29. The number of ether oxygens (including phenoxy) is 1. The maximum absolute atomic E-state index is 13.1. The van der Waals surface area contributed by atoms with E-state index in [4.69, 9.17) is 16.3 Å². The molecule has 0 saturated carbocycles. The van der Waals surface area contributed by atoms with Gasteiger partial charge in [-0.05, 0) is 42.5 Å². The summed E-state index contributed by atoms with van der Waals surface area (Å²) in [7, 11) is -4.06. The van der Waals surface area contributed by atoms with E-state index < -0.39 is 40.7 Å². The molecule has 0 aliphatic carbocycles. The van der Waals surface area contributed by atoms with Gasteiger partial charge in [0.15, 0.2) is 12.4 Å². The highest BCUT2D eigenvalue weighted by atomic mass is 35.5. The number of Topliss-reactive ketones (excluding diaryl/α,β-unsaturated/α-hetero) is 1. The molecule has 0 bridgehead atoms. The zero-order chi connectivity index (χ0) is 18.4. The van der Waals surface area contributed by atoms with Crippen molar-refractivity contribution in [2.45, 2.75) is 4.90 Å². The highest BCUT2D eigenvalue weighted by Gasteiger charge is 2.17. The van der Waals surface area contributed by atoms with Crippen LogP contribution in [0, 0.1) is 5.82 Å². The first-order valence-corrected chi connectivity index (χ1v) is 8.84. The van der Waals surface area contributed by atoms with Gasteiger partial charge < -0.3 is 4.74 Å². The van der Waals surface area contributed by atoms with Gasteiger partial charge in [0.1, 0.15) is 12.4 Å². The van der Waals surface area contributed by atoms with E-state index in [1.165, 1.54) is 36.4 Å². The molecule has 132 valence electrons. The van der Waals surface area contributed by atoms with Gasteiger partial charge in [0, 0.05) is 10.6 Å². The molecule has 2 aromatic carbocycles. The summed E-state index contributed by atoms with van der Waals surface area (Å²) in [6.07, 6.45) is 0. The Labute approximate surface area is 148 Å². The van der Waals surface area contributed by atoms with Crippen LogP contribution in [0.15, 0.2) is 53.4 Å². The van der Waals surface area contributed by atoms with E-state index >= 15 is 0 Å². The van der Waals surface area contributed by atoms with Crippen LogP contribution in [-0.2, 0) is 19.6 Å². The predicted molar refractivity (Wildman–Crippen MR) is 88.3 cm³/mol. The van der Waals surface area contributed by atoms with Gasteiger partial charge in [0.25, 0.3) is 0 Å².